The number of benzene rings is 1. The van der Waals surface area contributed by atoms with Gasteiger partial charge < -0.3 is 24.3 Å². The van der Waals surface area contributed by atoms with Crippen molar-refractivity contribution in [3.05, 3.63) is 17.7 Å². The van der Waals surface area contributed by atoms with Crippen molar-refractivity contribution in [3.8, 4) is 17.2 Å². The summed E-state index contributed by atoms with van der Waals surface area (Å²) < 4.78 is 22.1. The predicted molar refractivity (Wildman–Crippen MR) is 107 cm³/mol. The maximum absolute atomic E-state index is 12.9. The highest BCUT2D eigenvalue weighted by atomic mass is 16.7. The second kappa shape index (κ2) is 8.60. The van der Waals surface area contributed by atoms with Gasteiger partial charge in [0.05, 0.1) is 19.6 Å². The molecule has 156 valence electrons. The Balaban J connectivity index is 1.90. The molecule has 1 aromatic rings. The van der Waals surface area contributed by atoms with Crippen LogP contribution in [0.5, 0.6) is 17.2 Å². The molecular weight excluding hydrogens is 358 g/mol. The van der Waals surface area contributed by atoms with E-state index in [1.165, 1.54) is 0 Å². The summed E-state index contributed by atoms with van der Waals surface area (Å²) >= 11 is 0. The van der Waals surface area contributed by atoms with E-state index in [9.17, 15) is 4.79 Å². The van der Waals surface area contributed by atoms with Gasteiger partial charge in [-0.25, -0.2) is 0 Å². The monoisotopic (exact) mass is 391 g/mol. The molecule has 0 radical (unpaired) electrons. The minimum atomic E-state index is -0.235. The molecule has 0 spiro atoms. The van der Waals surface area contributed by atoms with Gasteiger partial charge in [0.25, 0.3) is 0 Å². The van der Waals surface area contributed by atoms with Crippen molar-refractivity contribution in [2.45, 2.75) is 58.9 Å². The molecule has 1 N–H and O–H groups in total. The van der Waals surface area contributed by atoms with Gasteiger partial charge in [0.2, 0.25) is 12.5 Å². The molecule has 0 unspecified atom stereocenters. The van der Waals surface area contributed by atoms with Crippen LogP contribution in [-0.2, 0) is 9.53 Å². The summed E-state index contributed by atoms with van der Waals surface area (Å²) in [5.74, 6) is 1.58. The fourth-order valence-corrected chi connectivity index (χ4v) is 4.64. The van der Waals surface area contributed by atoms with Crippen molar-refractivity contribution in [2.24, 2.45) is 11.3 Å². The number of rotatable bonds is 8. The molecular formula is C22H33NO5. The average molecular weight is 392 g/mol. The normalized spacial score (nSPS) is 23.7. The van der Waals surface area contributed by atoms with Gasteiger partial charge >= 0.3 is 5.97 Å². The molecule has 6 heteroatoms. The molecule has 0 aliphatic carbocycles. The molecule has 2 aliphatic heterocycles. The Labute approximate surface area is 167 Å². The Morgan fingerprint density at radius 2 is 2.07 bits per heavy atom. The van der Waals surface area contributed by atoms with E-state index < -0.39 is 0 Å². The van der Waals surface area contributed by atoms with E-state index in [1.807, 2.05) is 19.1 Å². The van der Waals surface area contributed by atoms with E-state index in [1.54, 1.807) is 7.11 Å². The zero-order valence-electron chi connectivity index (χ0n) is 17.7. The van der Waals surface area contributed by atoms with Gasteiger partial charge in [0.15, 0.2) is 11.5 Å². The van der Waals surface area contributed by atoms with Gasteiger partial charge in [0, 0.05) is 18.5 Å². The highest BCUT2D eigenvalue weighted by molar-refractivity contribution is 5.75. The third-order valence-corrected chi connectivity index (χ3v) is 5.83. The smallest absolute Gasteiger partial charge is 0.311 e. The van der Waals surface area contributed by atoms with Gasteiger partial charge in [0.1, 0.15) is 0 Å². The van der Waals surface area contributed by atoms with Crippen LogP contribution in [0.25, 0.3) is 0 Å². The van der Waals surface area contributed by atoms with Crippen molar-refractivity contribution in [2.75, 3.05) is 27.1 Å². The molecule has 0 aromatic heterocycles. The number of fused-ring (bicyclic) bond motifs is 1. The van der Waals surface area contributed by atoms with E-state index in [4.69, 9.17) is 18.9 Å². The van der Waals surface area contributed by atoms with Crippen LogP contribution in [0.15, 0.2) is 12.1 Å². The number of esters is 1. The number of hydrogen-bond donors (Lipinski definition) is 1. The molecule has 2 heterocycles. The molecule has 28 heavy (non-hydrogen) atoms. The summed E-state index contributed by atoms with van der Waals surface area (Å²) in [4.78, 5) is 12.9. The Hall–Kier alpha value is -1.95. The third kappa shape index (κ3) is 4.22. The second-order valence-corrected chi connectivity index (χ2v) is 8.47. The summed E-state index contributed by atoms with van der Waals surface area (Å²) in [6.07, 6.45) is 3.19. The standard InChI is InChI=1S/C22H33NO5/c1-6-8-22(3,4)11-16-19(21(24)26-7-2)15(12-23-16)14-9-17(25-5)20-18(10-14)27-13-28-20/h9-10,15-16,19,23H,6-8,11-13H2,1-5H3/t15-,16-,19-/m1/s1. The number of hydrogen-bond acceptors (Lipinski definition) is 6. The van der Waals surface area contributed by atoms with Gasteiger partial charge in [-0.2, -0.15) is 0 Å². The summed E-state index contributed by atoms with van der Waals surface area (Å²) in [6, 6.07) is 4.02. The van der Waals surface area contributed by atoms with Crippen molar-refractivity contribution < 1.29 is 23.7 Å². The van der Waals surface area contributed by atoms with Crippen LogP contribution in [0.3, 0.4) is 0 Å². The Kier molecular flexibility index (Phi) is 6.38. The van der Waals surface area contributed by atoms with Crippen molar-refractivity contribution in [1.82, 2.24) is 5.32 Å². The number of nitrogens with one attached hydrogen (secondary N) is 1. The van der Waals surface area contributed by atoms with Gasteiger partial charge in [-0.05, 0) is 42.9 Å². The molecule has 6 nitrogen and oxygen atoms in total. The van der Waals surface area contributed by atoms with Crippen molar-refractivity contribution >= 4 is 5.97 Å². The Morgan fingerprint density at radius 3 is 2.75 bits per heavy atom. The zero-order chi connectivity index (χ0) is 20.3. The molecule has 0 amide bonds. The second-order valence-electron chi connectivity index (χ2n) is 8.47. The van der Waals surface area contributed by atoms with Crippen LogP contribution in [0.4, 0.5) is 0 Å². The molecule has 0 saturated carbocycles. The molecule has 1 aromatic carbocycles. The molecule has 1 fully saturated rings. The van der Waals surface area contributed by atoms with E-state index in [2.05, 4.69) is 26.1 Å². The minimum Gasteiger partial charge on any atom is -0.493 e. The SMILES string of the molecule is CCCC(C)(C)C[C@H]1NC[C@H](c2cc(OC)c3c(c2)OCO3)[C@H]1C(=O)OCC. The lowest BCUT2D eigenvalue weighted by Gasteiger charge is -2.31. The van der Waals surface area contributed by atoms with Crippen LogP contribution < -0.4 is 19.5 Å². The summed E-state index contributed by atoms with van der Waals surface area (Å²) in [6.45, 7) is 9.90. The highest BCUT2D eigenvalue weighted by Crippen LogP contribution is 2.46. The lowest BCUT2D eigenvalue weighted by atomic mass is 9.76. The highest BCUT2D eigenvalue weighted by Gasteiger charge is 2.45. The lowest BCUT2D eigenvalue weighted by molar-refractivity contribution is -0.149. The minimum absolute atomic E-state index is 0.00452. The first-order valence-corrected chi connectivity index (χ1v) is 10.3. The Bertz CT molecular complexity index is 702. The maximum atomic E-state index is 12.9. The summed E-state index contributed by atoms with van der Waals surface area (Å²) in [5, 5.41) is 3.60. The molecule has 1 saturated heterocycles. The predicted octanol–water partition coefficient (Wildman–Crippen LogP) is 3.88. The number of methoxy groups -OCH3 is 1. The number of carbonyl (C=O) groups is 1. The first kappa shape index (κ1) is 20.8. The molecule has 3 atom stereocenters. The van der Waals surface area contributed by atoms with Crippen LogP contribution in [0.1, 0.15) is 58.4 Å². The van der Waals surface area contributed by atoms with Gasteiger partial charge in [-0.3, -0.25) is 4.79 Å². The first-order valence-electron chi connectivity index (χ1n) is 10.3. The average Bonchev–Trinajstić information content (AvgIpc) is 3.27. The maximum Gasteiger partial charge on any atom is 0.311 e. The van der Waals surface area contributed by atoms with Crippen LogP contribution >= 0.6 is 0 Å². The quantitative estimate of drug-likeness (QED) is 0.679. The van der Waals surface area contributed by atoms with E-state index in [-0.39, 0.29) is 36.1 Å². The van der Waals surface area contributed by atoms with Crippen molar-refractivity contribution in [1.29, 1.82) is 0 Å². The fraction of sp³-hybridized carbons (Fsp3) is 0.682. The van der Waals surface area contributed by atoms with E-state index in [0.29, 0.717) is 23.9 Å². The Morgan fingerprint density at radius 1 is 1.29 bits per heavy atom. The van der Waals surface area contributed by atoms with Crippen LogP contribution in [-0.4, -0.2) is 39.1 Å². The molecule has 2 aliphatic rings. The van der Waals surface area contributed by atoms with Crippen molar-refractivity contribution in [3.63, 3.8) is 0 Å². The van der Waals surface area contributed by atoms with Crippen LogP contribution in [0.2, 0.25) is 0 Å². The largest absolute Gasteiger partial charge is 0.493 e. The van der Waals surface area contributed by atoms with E-state index >= 15 is 0 Å². The van der Waals surface area contributed by atoms with Crippen LogP contribution in [0, 0.1) is 11.3 Å². The van der Waals surface area contributed by atoms with E-state index in [0.717, 1.165) is 31.4 Å². The zero-order valence-corrected chi connectivity index (χ0v) is 17.7. The van der Waals surface area contributed by atoms with Gasteiger partial charge in [-0.1, -0.05) is 27.2 Å². The number of carbonyl (C=O) groups excluding carboxylic acids is 1. The number of ether oxygens (including phenoxy) is 4. The van der Waals surface area contributed by atoms with Gasteiger partial charge in [-0.15, -0.1) is 0 Å². The first-order chi connectivity index (χ1) is 13.4. The summed E-state index contributed by atoms with van der Waals surface area (Å²) in [5.41, 5.74) is 1.18. The lowest BCUT2D eigenvalue weighted by Crippen LogP contribution is -2.37. The topological polar surface area (TPSA) is 66.0 Å². The fourth-order valence-electron chi connectivity index (χ4n) is 4.64. The third-order valence-electron chi connectivity index (χ3n) is 5.83. The molecule has 3 rings (SSSR count). The molecule has 0 bridgehead atoms. The summed E-state index contributed by atoms with van der Waals surface area (Å²) in [7, 11) is 1.62.